The third-order valence-corrected chi connectivity index (χ3v) is 5.28. The van der Waals surface area contributed by atoms with Crippen molar-refractivity contribution in [2.75, 3.05) is 32.9 Å². The Morgan fingerprint density at radius 2 is 1.93 bits per heavy atom. The van der Waals surface area contributed by atoms with Crippen molar-refractivity contribution in [3.63, 3.8) is 0 Å². The Morgan fingerprint density at radius 1 is 1.19 bits per heavy atom. The van der Waals surface area contributed by atoms with E-state index in [1.54, 1.807) is 6.92 Å². The molecule has 27 heavy (non-hydrogen) atoms. The smallest absolute Gasteiger partial charge is 0.219 e. The summed E-state index contributed by atoms with van der Waals surface area (Å²) in [6.45, 7) is 9.03. The fraction of sp³-hybridized carbons (Fsp3) is 0.636. The van der Waals surface area contributed by atoms with Crippen molar-refractivity contribution in [1.82, 2.24) is 4.90 Å². The Bertz CT molecular complexity index is 599. The molecular formula is C22H33NO4. The Morgan fingerprint density at radius 3 is 2.56 bits per heavy atom. The van der Waals surface area contributed by atoms with Gasteiger partial charge < -0.3 is 14.4 Å². The van der Waals surface area contributed by atoms with Gasteiger partial charge in [0.2, 0.25) is 5.91 Å². The molecule has 0 aromatic heterocycles. The molecule has 0 bridgehead atoms. The summed E-state index contributed by atoms with van der Waals surface area (Å²) in [5.74, 6) is 0.803. The molecule has 1 aromatic rings. The van der Waals surface area contributed by atoms with Gasteiger partial charge in [0.1, 0.15) is 0 Å². The fourth-order valence-corrected chi connectivity index (χ4v) is 3.24. The number of carbonyl (C=O) groups excluding carboxylic acids is 2. The molecule has 5 nitrogen and oxygen atoms in total. The second-order valence-electron chi connectivity index (χ2n) is 7.32. The molecular weight excluding hydrogens is 342 g/mol. The van der Waals surface area contributed by atoms with Crippen LogP contribution in [0.5, 0.6) is 0 Å². The van der Waals surface area contributed by atoms with Gasteiger partial charge in [-0.05, 0) is 30.7 Å². The summed E-state index contributed by atoms with van der Waals surface area (Å²) in [5.41, 5.74) is 2.06. The van der Waals surface area contributed by atoms with E-state index in [1.165, 1.54) is 5.56 Å². The predicted molar refractivity (Wildman–Crippen MR) is 106 cm³/mol. The number of ether oxygens (including phenoxy) is 2. The van der Waals surface area contributed by atoms with E-state index in [0.29, 0.717) is 45.1 Å². The van der Waals surface area contributed by atoms with Crippen molar-refractivity contribution in [2.45, 2.75) is 58.5 Å². The third kappa shape index (κ3) is 7.07. The number of hydrogen-bond acceptors (Lipinski definition) is 4. The van der Waals surface area contributed by atoms with Gasteiger partial charge >= 0.3 is 0 Å². The summed E-state index contributed by atoms with van der Waals surface area (Å²) >= 11 is 0. The van der Waals surface area contributed by atoms with E-state index >= 15 is 0 Å². The minimum Gasteiger partial charge on any atom is -0.379 e. The van der Waals surface area contributed by atoms with Crippen LogP contribution >= 0.6 is 0 Å². The number of ketones is 1. The van der Waals surface area contributed by atoms with Gasteiger partial charge in [-0.2, -0.15) is 0 Å². The van der Waals surface area contributed by atoms with Crippen LogP contribution in [0.4, 0.5) is 0 Å². The number of Topliss-reactive ketones (excluding diaryl/α,β-unsaturated/α-hetero) is 1. The van der Waals surface area contributed by atoms with E-state index in [-0.39, 0.29) is 17.8 Å². The maximum Gasteiger partial charge on any atom is 0.219 e. The lowest BCUT2D eigenvalue weighted by Gasteiger charge is -2.14. The molecule has 0 N–H and O–H groups in total. The third-order valence-electron chi connectivity index (χ3n) is 5.28. The first-order chi connectivity index (χ1) is 13.0. The molecule has 1 aliphatic heterocycles. The summed E-state index contributed by atoms with van der Waals surface area (Å²) in [6, 6.07) is 7.99. The van der Waals surface area contributed by atoms with Crippen LogP contribution in [0.25, 0.3) is 0 Å². The molecule has 2 rings (SSSR count). The second-order valence-corrected chi connectivity index (χ2v) is 7.32. The average molecular weight is 376 g/mol. The lowest BCUT2D eigenvalue weighted by atomic mass is 9.96. The zero-order chi connectivity index (χ0) is 19.6. The Balaban J connectivity index is 1.54. The first kappa shape index (κ1) is 21.6. The van der Waals surface area contributed by atoms with Gasteiger partial charge in [0.25, 0.3) is 0 Å². The normalized spacial score (nSPS) is 17.9. The standard InChI is InChI=1S/C22H33NO4/c1-4-17(2)19-7-9-20(10-8-19)22(25)6-5-13-26-14-15-27-21-11-12-23(16-21)18(3)24/h7-10,17,21H,4-6,11-16H2,1-3H3. The van der Waals surface area contributed by atoms with Gasteiger partial charge in [0.15, 0.2) is 5.78 Å². The molecule has 1 fully saturated rings. The van der Waals surface area contributed by atoms with Crippen molar-refractivity contribution in [2.24, 2.45) is 0 Å². The highest BCUT2D eigenvalue weighted by Gasteiger charge is 2.24. The Kier molecular flexibility index (Phi) is 8.95. The van der Waals surface area contributed by atoms with Crippen LogP contribution in [-0.4, -0.2) is 55.6 Å². The monoisotopic (exact) mass is 375 g/mol. The number of likely N-dealkylation sites (tertiary alicyclic amines) is 1. The number of carbonyl (C=O) groups is 2. The number of rotatable bonds is 11. The van der Waals surface area contributed by atoms with E-state index in [2.05, 4.69) is 26.0 Å². The van der Waals surface area contributed by atoms with Crippen LogP contribution in [-0.2, 0) is 14.3 Å². The first-order valence-corrected chi connectivity index (χ1v) is 10.1. The molecule has 1 amide bonds. The van der Waals surface area contributed by atoms with Gasteiger partial charge in [-0.15, -0.1) is 0 Å². The van der Waals surface area contributed by atoms with Crippen molar-refractivity contribution < 1.29 is 19.1 Å². The Labute approximate surface area is 163 Å². The van der Waals surface area contributed by atoms with E-state index in [9.17, 15) is 9.59 Å². The fourth-order valence-electron chi connectivity index (χ4n) is 3.24. The average Bonchev–Trinajstić information content (AvgIpc) is 3.16. The van der Waals surface area contributed by atoms with E-state index < -0.39 is 0 Å². The second kappa shape index (κ2) is 11.2. The molecule has 2 unspecified atom stereocenters. The summed E-state index contributed by atoms with van der Waals surface area (Å²) in [4.78, 5) is 25.3. The van der Waals surface area contributed by atoms with Gasteiger partial charge in [-0.25, -0.2) is 0 Å². The quantitative estimate of drug-likeness (QED) is 0.436. The summed E-state index contributed by atoms with van der Waals surface area (Å²) < 4.78 is 11.3. The van der Waals surface area contributed by atoms with Crippen molar-refractivity contribution in [3.8, 4) is 0 Å². The van der Waals surface area contributed by atoms with Crippen LogP contribution < -0.4 is 0 Å². The van der Waals surface area contributed by atoms with Gasteiger partial charge in [-0.3, -0.25) is 9.59 Å². The van der Waals surface area contributed by atoms with E-state index in [1.807, 2.05) is 17.0 Å². The lowest BCUT2D eigenvalue weighted by molar-refractivity contribution is -0.128. The first-order valence-electron chi connectivity index (χ1n) is 10.1. The van der Waals surface area contributed by atoms with Crippen molar-refractivity contribution in [3.05, 3.63) is 35.4 Å². The van der Waals surface area contributed by atoms with E-state index in [4.69, 9.17) is 9.47 Å². The number of nitrogens with zero attached hydrogens (tertiary/aromatic N) is 1. The summed E-state index contributed by atoms with van der Waals surface area (Å²) in [6.07, 6.45) is 3.33. The zero-order valence-corrected chi connectivity index (χ0v) is 16.9. The lowest BCUT2D eigenvalue weighted by Crippen LogP contribution is -2.28. The molecule has 0 saturated carbocycles. The molecule has 1 saturated heterocycles. The summed E-state index contributed by atoms with van der Waals surface area (Å²) in [5, 5.41) is 0. The molecule has 0 radical (unpaired) electrons. The number of hydrogen-bond donors (Lipinski definition) is 0. The minimum atomic E-state index is 0.108. The molecule has 1 aliphatic rings. The van der Waals surface area contributed by atoms with Crippen molar-refractivity contribution in [1.29, 1.82) is 0 Å². The molecule has 0 spiro atoms. The minimum absolute atomic E-state index is 0.108. The topological polar surface area (TPSA) is 55.8 Å². The molecule has 2 atom stereocenters. The van der Waals surface area contributed by atoms with Crippen LogP contribution in [0.2, 0.25) is 0 Å². The zero-order valence-electron chi connectivity index (χ0n) is 16.9. The maximum absolute atomic E-state index is 12.2. The molecule has 1 aromatic carbocycles. The predicted octanol–water partition coefficient (Wildman–Crippen LogP) is 3.82. The molecule has 1 heterocycles. The Hall–Kier alpha value is -1.72. The van der Waals surface area contributed by atoms with Crippen molar-refractivity contribution >= 4 is 11.7 Å². The van der Waals surface area contributed by atoms with Gasteiger partial charge in [0, 0.05) is 38.6 Å². The van der Waals surface area contributed by atoms with Crippen LogP contribution in [0.3, 0.4) is 0 Å². The van der Waals surface area contributed by atoms with Crippen LogP contribution in [0, 0.1) is 0 Å². The molecule has 0 aliphatic carbocycles. The SMILES string of the molecule is CCC(C)c1ccc(C(=O)CCCOCCOC2CCN(C(C)=O)C2)cc1. The largest absolute Gasteiger partial charge is 0.379 e. The van der Waals surface area contributed by atoms with Gasteiger partial charge in [0.05, 0.1) is 19.3 Å². The number of amides is 1. The number of benzene rings is 1. The molecule has 5 heteroatoms. The highest BCUT2D eigenvalue weighted by molar-refractivity contribution is 5.96. The maximum atomic E-state index is 12.2. The van der Waals surface area contributed by atoms with Crippen LogP contribution in [0.1, 0.15) is 68.3 Å². The highest BCUT2D eigenvalue weighted by atomic mass is 16.5. The van der Waals surface area contributed by atoms with E-state index in [0.717, 1.165) is 24.9 Å². The molecule has 150 valence electrons. The van der Waals surface area contributed by atoms with Gasteiger partial charge in [-0.1, -0.05) is 38.1 Å². The van der Waals surface area contributed by atoms with Crippen LogP contribution in [0.15, 0.2) is 24.3 Å². The highest BCUT2D eigenvalue weighted by Crippen LogP contribution is 2.19. The summed E-state index contributed by atoms with van der Waals surface area (Å²) in [7, 11) is 0.